The van der Waals surface area contributed by atoms with E-state index in [1.807, 2.05) is 0 Å². The monoisotopic (exact) mass is 280 g/mol. The second-order valence-electron chi connectivity index (χ2n) is 5.60. The molecule has 2 aromatic carbocycles. The molecule has 0 amide bonds. The molecule has 1 aliphatic rings. The third-order valence-electron chi connectivity index (χ3n) is 4.41. The number of benzene rings is 2. The minimum absolute atomic E-state index is 0.173. The van der Waals surface area contributed by atoms with E-state index in [2.05, 4.69) is 59.3 Å². The summed E-state index contributed by atoms with van der Waals surface area (Å²) < 4.78 is 8.27. The van der Waals surface area contributed by atoms with E-state index in [1.54, 1.807) is 0 Å². The molecule has 3 heteroatoms. The molecule has 3 aromatic rings. The number of aromatic nitrogens is 1. The van der Waals surface area contributed by atoms with Gasteiger partial charge in [-0.05, 0) is 30.7 Å². The number of aryl methyl sites for hydroxylation is 1. The highest BCUT2D eigenvalue weighted by Crippen LogP contribution is 2.31. The Balaban J connectivity index is 1.92. The van der Waals surface area contributed by atoms with E-state index in [9.17, 15) is 0 Å². The SMILES string of the molecule is CCn1c2ccccc2c2cc(C3CNCCO3)ccc21. The topological polar surface area (TPSA) is 26.2 Å². The highest BCUT2D eigenvalue weighted by molar-refractivity contribution is 6.08. The van der Waals surface area contributed by atoms with Crippen LogP contribution in [0, 0.1) is 0 Å². The molecule has 21 heavy (non-hydrogen) atoms. The lowest BCUT2D eigenvalue weighted by Crippen LogP contribution is -2.33. The second-order valence-corrected chi connectivity index (χ2v) is 5.60. The largest absolute Gasteiger partial charge is 0.371 e. The zero-order chi connectivity index (χ0) is 14.2. The van der Waals surface area contributed by atoms with Crippen LogP contribution in [-0.4, -0.2) is 24.3 Å². The summed E-state index contributed by atoms with van der Waals surface area (Å²) in [6.45, 7) is 5.84. The van der Waals surface area contributed by atoms with Crippen molar-refractivity contribution in [3.8, 4) is 0 Å². The van der Waals surface area contributed by atoms with Gasteiger partial charge in [-0.15, -0.1) is 0 Å². The molecule has 4 rings (SSSR count). The summed E-state index contributed by atoms with van der Waals surface area (Å²) in [5.41, 5.74) is 3.90. The van der Waals surface area contributed by atoms with Gasteiger partial charge in [0.2, 0.25) is 0 Å². The van der Waals surface area contributed by atoms with Gasteiger partial charge in [-0.2, -0.15) is 0 Å². The summed E-state index contributed by atoms with van der Waals surface area (Å²) in [6.07, 6.45) is 0.173. The van der Waals surface area contributed by atoms with Crippen molar-refractivity contribution >= 4 is 21.8 Å². The minimum Gasteiger partial charge on any atom is -0.371 e. The normalized spacial score (nSPS) is 19.4. The quantitative estimate of drug-likeness (QED) is 0.778. The van der Waals surface area contributed by atoms with Gasteiger partial charge in [0, 0.05) is 41.4 Å². The molecule has 1 aromatic heterocycles. The van der Waals surface area contributed by atoms with E-state index in [-0.39, 0.29) is 6.10 Å². The summed E-state index contributed by atoms with van der Waals surface area (Å²) in [5, 5.41) is 6.07. The van der Waals surface area contributed by atoms with Crippen molar-refractivity contribution in [2.24, 2.45) is 0 Å². The Morgan fingerprint density at radius 3 is 2.81 bits per heavy atom. The molecule has 1 unspecified atom stereocenters. The maximum atomic E-state index is 5.89. The Bertz CT molecular complexity index is 784. The van der Waals surface area contributed by atoms with Gasteiger partial charge in [0.15, 0.2) is 0 Å². The predicted molar refractivity (Wildman–Crippen MR) is 86.7 cm³/mol. The highest BCUT2D eigenvalue weighted by atomic mass is 16.5. The molecule has 1 aliphatic heterocycles. The van der Waals surface area contributed by atoms with Crippen LogP contribution in [0.5, 0.6) is 0 Å². The average molecular weight is 280 g/mol. The number of hydrogen-bond donors (Lipinski definition) is 1. The molecule has 108 valence electrons. The fraction of sp³-hybridized carbons (Fsp3) is 0.333. The van der Waals surface area contributed by atoms with E-state index in [0.717, 1.165) is 26.2 Å². The third-order valence-corrected chi connectivity index (χ3v) is 4.41. The molecule has 1 saturated heterocycles. The Hall–Kier alpha value is -1.84. The van der Waals surface area contributed by atoms with Gasteiger partial charge in [0.25, 0.3) is 0 Å². The zero-order valence-corrected chi connectivity index (χ0v) is 12.3. The Morgan fingerprint density at radius 2 is 2.00 bits per heavy atom. The molecule has 1 atom stereocenters. The van der Waals surface area contributed by atoms with Crippen molar-refractivity contribution in [1.82, 2.24) is 9.88 Å². The highest BCUT2D eigenvalue weighted by Gasteiger charge is 2.17. The van der Waals surface area contributed by atoms with Gasteiger partial charge in [-0.3, -0.25) is 0 Å². The molecular formula is C18H20N2O. The third kappa shape index (κ3) is 2.04. The van der Waals surface area contributed by atoms with Crippen LogP contribution in [-0.2, 0) is 11.3 Å². The van der Waals surface area contributed by atoms with Crippen molar-refractivity contribution in [1.29, 1.82) is 0 Å². The van der Waals surface area contributed by atoms with Gasteiger partial charge >= 0.3 is 0 Å². The van der Waals surface area contributed by atoms with Crippen molar-refractivity contribution in [2.45, 2.75) is 19.6 Å². The van der Waals surface area contributed by atoms with E-state index in [4.69, 9.17) is 4.74 Å². The Kier molecular flexibility index (Phi) is 3.17. The lowest BCUT2D eigenvalue weighted by Gasteiger charge is -2.24. The fourth-order valence-corrected chi connectivity index (χ4v) is 3.39. The summed E-state index contributed by atoms with van der Waals surface area (Å²) >= 11 is 0. The number of para-hydroxylation sites is 1. The first kappa shape index (κ1) is 12.9. The molecule has 3 nitrogen and oxygen atoms in total. The number of nitrogens with one attached hydrogen (secondary N) is 1. The first-order chi connectivity index (χ1) is 10.4. The average Bonchev–Trinajstić information content (AvgIpc) is 2.88. The van der Waals surface area contributed by atoms with Crippen LogP contribution in [0.4, 0.5) is 0 Å². The summed E-state index contributed by atoms with van der Waals surface area (Å²) in [7, 11) is 0. The van der Waals surface area contributed by atoms with Gasteiger partial charge in [0.05, 0.1) is 12.7 Å². The van der Waals surface area contributed by atoms with Gasteiger partial charge in [0.1, 0.15) is 0 Å². The predicted octanol–water partition coefficient (Wildman–Crippen LogP) is 3.48. The minimum atomic E-state index is 0.173. The molecule has 0 aliphatic carbocycles. The van der Waals surface area contributed by atoms with Crippen LogP contribution >= 0.6 is 0 Å². The molecule has 1 N–H and O–H groups in total. The number of morpholine rings is 1. The maximum Gasteiger partial charge on any atom is 0.0950 e. The summed E-state index contributed by atoms with van der Waals surface area (Å²) in [4.78, 5) is 0. The number of hydrogen-bond acceptors (Lipinski definition) is 2. The Labute approximate surface area is 124 Å². The van der Waals surface area contributed by atoms with Gasteiger partial charge in [-0.25, -0.2) is 0 Å². The van der Waals surface area contributed by atoms with Crippen LogP contribution in [0.2, 0.25) is 0 Å². The van der Waals surface area contributed by atoms with Crippen LogP contribution in [0.3, 0.4) is 0 Å². The first-order valence-corrected chi connectivity index (χ1v) is 7.71. The van der Waals surface area contributed by atoms with Crippen molar-refractivity contribution in [2.75, 3.05) is 19.7 Å². The van der Waals surface area contributed by atoms with Crippen molar-refractivity contribution in [3.63, 3.8) is 0 Å². The van der Waals surface area contributed by atoms with Crippen LogP contribution in [0.1, 0.15) is 18.6 Å². The van der Waals surface area contributed by atoms with E-state index >= 15 is 0 Å². The number of fused-ring (bicyclic) bond motifs is 3. The second kappa shape index (κ2) is 5.17. The van der Waals surface area contributed by atoms with Crippen LogP contribution < -0.4 is 5.32 Å². The lowest BCUT2D eigenvalue weighted by molar-refractivity contribution is 0.0278. The number of ether oxygens (including phenoxy) is 1. The van der Waals surface area contributed by atoms with Gasteiger partial charge in [-0.1, -0.05) is 24.3 Å². The van der Waals surface area contributed by atoms with Crippen molar-refractivity contribution in [3.05, 3.63) is 48.0 Å². The summed E-state index contributed by atoms with van der Waals surface area (Å²) in [5.74, 6) is 0. The smallest absolute Gasteiger partial charge is 0.0950 e. The molecule has 1 fully saturated rings. The molecule has 0 spiro atoms. The maximum absolute atomic E-state index is 5.89. The van der Waals surface area contributed by atoms with Crippen molar-refractivity contribution < 1.29 is 4.74 Å². The lowest BCUT2D eigenvalue weighted by atomic mass is 10.0. The molecular weight excluding hydrogens is 260 g/mol. The zero-order valence-electron chi connectivity index (χ0n) is 12.3. The van der Waals surface area contributed by atoms with E-state index in [0.29, 0.717) is 0 Å². The van der Waals surface area contributed by atoms with Crippen LogP contribution in [0.25, 0.3) is 21.8 Å². The molecule has 0 saturated carbocycles. The standard InChI is InChI=1S/C18H20N2O/c1-2-20-16-6-4-3-5-14(16)15-11-13(7-8-17(15)20)18-12-19-9-10-21-18/h3-8,11,18-19H,2,9-10,12H2,1H3. The van der Waals surface area contributed by atoms with E-state index < -0.39 is 0 Å². The molecule has 0 radical (unpaired) electrons. The first-order valence-electron chi connectivity index (χ1n) is 7.71. The van der Waals surface area contributed by atoms with Crippen LogP contribution in [0.15, 0.2) is 42.5 Å². The molecule has 2 heterocycles. The van der Waals surface area contributed by atoms with Gasteiger partial charge < -0.3 is 14.6 Å². The Morgan fingerprint density at radius 1 is 1.14 bits per heavy atom. The molecule has 0 bridgehead atoms. The number of rotatable bonds is 2. The number of nitrogens with zero attached hydrogens (tertiary/aromatic N) is 1. The fourth-order valence-electron chi connectivity index (χ4n) is 3.39. The summed E-state index contributed by atoms with van der Waals surface area (Å²) in [6, 6.07) is 15.4. The van der Waals surface area contributed by atoms with E-state index in [1.165, 1.54) is 27.4 Å².